The molecule has 0 spiro atoms. The first-order valence-corrected chi connectivity index (χ1v) is 8.98. The molecule has 1 amide bonds. The number of nitrogens with two attached hydrogens (primary N) is 1. The van der Waals surface area contributed by atoms with Crippen LogP contribution in [-0.2, 0) is 11.8 Å². The molecule has 1 unspecified atom stereocenters. The van der Waals surface area contributed by atoms with E-state index in [1.807, 2.05) is 19.0 Å². The lowest BCUT2D eigenvalue weighted by Gasteiger charge is -2.25. The number of aromatic nitrogens is 4. The molecule has 4 rings (SSSR count). The van der Waals surface area contributed by atoms with Gasteiger partial charge in [0.2, 0.25) is 11.9 Å². The Hall–Kier alpha value is -2.38. The van der Waals surface area contributed by atoms with Gasteiger partial charge in [-0.15, -0.1) is 0 Å². The molecule has 1 atom stereocenters. The number of nitrogen functional groups attached to an aromatic ring is 1. The molecule has 2 aromatic heterocycles. The average molecular weight is 343 g/mol. The summed E-state index contributed by atoms with van der Waals surface area (Å²) >= 11 is 0. The molecule has 2 aliphatic rings. The van der Waals surface area contributed by atoms with Crippen molar-refractivity contribution < 1.29 is 4.79 Å². The topological polar surface area (TPSA) is 93.2 Å². The molecule has 0 aromatic carbocycles. The zero-order valence-electron chi connectivity index (χ0n) is 14.9. The van der Waals surface area contributed by atoms with E-state index in [-0.39, 0.29) is 0 Å². The zero-order valence-corrected chi connectivity index (χ0v) is 14.9. The number of nitrogens with zero attached hydrogens (tertiary/aromatic N) is 6. The van der Waals surface area contributed by atoms with Crippen LogP contribution < -0.4 is 10.6 Å². The molecule has 2 aromatic rings. The normalized spacial score (nSPS) is 21.6. The van der Waals surface area contributed by atoms with Crippen LogP contribution in [0.15, 0.2) is 6.20 Å². The number of amides is 1. The maximum atomic E-state index is 12.4. The summed E-state index contributed by atoms with van der Waals surface area (Å²) in [5.41, 5.74) is 6.78. The van der Waals surface area contributed by atoms with Gasteiger partial charge in [0.05, 0.1) is 11.6 Å². The van der Waals surface area contributed by atoms with Gasteiger partial charge < -0.3 is 15.5 Å². The smallest absolute Gasteiger partial charge is 0.229 e. The average Bonchev–Trinajstić information content (AvgIpc) is 3.29. The van der Waals surface area contributed by atoms with E-state index < -0.39 is 0 Å². The molecule has 134 valence electrons. The van der Waals surface area contributed by atoms with Crippen LogP contribution in [0.25, 0.3) is 11.0 Å². The van der Waals surface area contributed by atoms with E-state index in [2.05, 4.69) is 20.0 Å². The Morgan fingerprint density at radius 2 is 2.08 bits per heavy atom. The van der Waals surface area contributed by atoms with E-state index in [0.29, 0.717) is 36.1 Å². The first-order valence-electron chi connectivity index (χ1n) is 8.98. The molecule has 1 saturated carbocycles. The molecule has 0 radical (unpaired) electrons. The molecule has 0 bridgehead atoms. The monoisotopic (exact) mass is 343 g/mol. The minimum absolute atomic E-state index is 0.299. The lowest BCUT2D eigenvalue weighted by atomic mass is 10.1. The number of fused-ring (bicyclic) bond motifs is 1. The molecule has 2 fully saturated rings. The maximum Gasteiger partial charge on any atom is 0.229 e. The fourth-order valence-corrected chi connectivity index (χ4v) is 4.17. The second-order valence-corrected chi connectivity index (χ2v) is 7.35. The lowest BCUT2D eigenvalue weighted by Crippen LogP contribution is -2.35. The van der Waals surface area contributed by atoms with Crippen molar-refractivity contribution in [3.05, 3.63) is 6.20 Å². The SMILES string of the molecule is CN(CC1CC(=O)N(C2CCCC2)C1)c1nc(N)c2cnn(C)c2n1. The summed E-state index contributed by atoms with van der Waals surface area (Å²) in [6, 6.07) is 0.459. The first kappa shape index (κ1) is 16.1. The third-order valence-electron chi connectivity index (χ3n) is 5.49. The summed E-state index contributed by atoms with van der Waals surface area (Å²) in [7, 11) is 3.80. The summed E-state index contributed by atoms with van der Waals surface area (Å²) in [4.78, 5) is 25.5. The number of hydrogen-bond donors (Lipinski definition) is 1. The summed E-state index contributed by atoms with van der Waals surface area (Å²) in [6.45, 7) is 1.59. The molecule has 2 N–H and O–H groups in total. The Balaban J connectivity index is 1.48. The van der Waals surface area contributed by atoms with Gasteiger partial charge in [0.25, 0.3) is 0 Å². The second-order valence-electron chi connectivity index (χ2n) is 7.35. The Kier molecular flexibility index (Phi) is 3.97. The highest BCUT2D eigenvalue weighted by Crippen LogP contribution is 2.30. The Morgan fingerprint density at radius 3 is 2.84 bits per heavy atom. The number of likely N-dealkylation sites (tertiary alicyclic amines) is 1. The number of hydrogen-bond acceptors (Lipinski definition) is 6. The Morgan fingerprint density at radius 1 is 1.32 bits per heavy atom. The van der Waals surface area contributed by atoms with E-state index in [9.17, 15) is 4.79 Å². The molecular formula is C17H25N7O. The van der Waals surface area contributed by atoms with E-state index in [1.165, 1.54) is 12.8 Å². The van der Waals surface area contributed by atoms with Crippen LogP contribution in [0.4, 0.5) is 11.8 Å². The maximum absolute atomic E-state index is 12.4. The minimum Gasteiger partial charge on any atom is -0.383 e. The van der Waals surface area contributed by atoms with Crippen LogP contribution in [0.2, 0.25) is 0 Å². The minimum atomic E-state index is 0.299. The molecule has 1 saturated heterocycles. The van der Waals surface area contributed by atoms with Gasteiger partial charge >= 0.3 is 0 Å². The number of anilines is 2. The predicted molar refractivity (Wildman–Crippen MR) is 96.1 cm³/mol. The molecular weight excluding hydrogens is 318 g/mol. The molecule has 1 aliphatic heterocycles. The standard InChI is InChI=1S/C17H25N7O/c1-22(17-20-15(18)13-8-19-23(2)16(13)21-17)9-11-7-14(25)24(10-11)12-5-3-4-6-12/h8,11-12H,3-7,9-10H2,1-2H3,(H2,18,20,21). The fourth-order valence-electron chi connectivity index (χ4n) is 4.17. The molecule has 8 heteroatoms. The zero-order chi connectivity index (χ0) is 17.6. The summed E-state index contributed by atoms with van der Waals surface area (Å²) in [5.74, 6) is 1.63. The van der Waals surface area contributed by atoms with Gasteiger partial charge in [-0.3, -0.25) is 9.48 Å². The van der Waals surface area contributed by atoms with Gasteiger partial charge in [0.1, 0.15) is 5.82 Å². The van der Waals surface area contributed by atoms with Gasteiger partial charge in [0.15, 0.2) is 5.65 Å². The van der Waals surface area contributed by atoms with Gasteiger partial charge in [-0.2, -0.15) is 15.1 Å². The lowest BCUT2D eigenvalue weighted by molar-refractivity contribution is -0.129. The largest absolute Gasteiger partial charge is 0.383 e. The third-order valence-corrected chi connectivity index (χ3v) is 5.49. The van der Waals surface area contributed by atoms with Crippen molar-refractivity contribution in [2.75, 3.05) is 30.8 Å². The van der Waals surface area contributed by atoms with Crippen molar-refractivity contribution in [3.63, 3.8) is 0 Å². The van der Waals surface area contributed by atoms with Crippen molar-refractivity contribution in [1.82, 2.24) is 24.6 Å². The first-order chi connectivity index (χ1) is 12.0. The van der Waals surface area contributed by atoms with Crippen LogP contribution in [-0.4, -0.2) is 56.7 Å². The molecule has 1 aliphatic carbocycles. The van der Waals surface area contributed by atoms with Crippen LogP contribution >= 0.6 is 0 Å². The predicted octanol–water partition coefficient (Wildman–Crippen LogP) is 1.17. The quantitative estimate of drug-likeness (QED) is 0.896. The third kappa shape index (κ3) is 2.89. The van der Waals surface area contributed by atoms with E-state index in [4.69, 9.17) is 5.73 Å². The molecule has 8 nitrogen and oxygen atoms in total. The van der Waals surface area contributed by atoms with E-state index in [1.54, 1.807) is 10.9 Å². The van der Waals surface area contributed by atoms with Crippen molar-refractivity contribution in [2.24, 2.45) is 13.0 Å². The number of rotatable bonds is 4. The Bertz CT molecular complexity index is 796. The van der Waals surface area contributed by atoms with Crippen LogP contribution in [0, 0.1) is 5.92 Å². The fraction of sp³-hybridized carbons (Fsp3) is 0.647. The second kappa shape index (κ2) is 6.16. The summed E-state index contributed by atoms with van der Waals surface area (Å²) in [5, 5.41) is 4.96. The number of carbonyl (C=O) groups is 1. The highest BCUT2D eigenvalue weighted by atomic mass is 16.2. The van der Waals surface area contributed by atoms with Crippen molar-refractivity contribution in [1.29, 1.82) is 0 Å². The van der Waals surface area contributed by atoms with E-state index in [0.717, 1.165) is 37.0 Å². The highest BCUT2D eigenvalue weighted by molar-refractivity contribution is 5.86. The molecule has 3 heterocycles. The van der Waals surface area contributed by atoms with E-state index >= 15 is 0 Å². The Labute approximate surface area is 147 Å². The van der Waals surface area contributed by atoms with Gasteiger partial charge in [-0.1, -0.05) is 12.8 Å². The molecule has 25 heavy (non-hydrogen) atoms. The highest BCUT2D eigenvalue weighted by Gasteiger charge is 2.36. The van der Waals surface area contributed by atoms with Crippen LogP contribution in [0.3, 0.4) is 0 Å². The van der Waals surface area contributed by atoms with Crippen molar-refractivity contribution in [2.45, 2.75) is 38.1 Å². The summed E-state index contributed by atoms with van der Waals surface area (Å²) < 4.78 is 1.70. The summed E-state index contributed by atoms with van der Waals surface area (Å²) in [6.07, 6.45) is 7.11. The number of carbonyl (C=O) groups excluding carboxylic acids is 1. The number of aryl methyl sites for hydroxylation is 1. The van der Waals surface area contributed by atoms with Gasteiger partial charge in [-0.05, 0) is 12.8 Å². The van der Waals surface area contributed by atoms with Crippen LogP contribution in [0.1, 0.15) is 32.1 Å². The van der Waals surface area contributed by atoms with Crippen molar-refractivity contribution >= 4 is 28.7 Å². The van der Waals surface area contributed by atoms with Gasteiger partial charge in [-0.25, -0.2) is 0 Å². The van der Waals surface area contributed by atoms with Crippen molar-refractivity contribution in [3.8, 4) is 0 Å². The van der Waals surface area contributed by atoms with Gasteiger partial charge in [0, 0.05) is 45.6 Å². The van der Waals surface area contributed by atoms with Crippen LogP contribution in [0.5, 0.6) is 0 Å².